The summed E-state index contributed by atoms with van der Waals surface area (Å²) in [6.45, 7) is 0. The van der Waals surface area contributed by atoms with Crippen LogP contribution in [0.3, 0.4) is 0 Å². The van der Waals surface area contributed by atoms with Crippen molar-refractivity contribution in [1.29, 1.82) is 0 Å². The summed E-state index contributed by atoms with van der Waals surface area (Å²) < 4.78 is 1.64. The lowest BCUT2D eigenvalue weighted by Gasteiger charge is -2.08. The Balaban J connectivity index is 1.70. The summed E-state index contributed by atoms with van der Waals surface area (Å²) in [5, 5.41) is 18.7. The molecule has 0 atom stereocenters. The third-order valence-electron chi connectivity index (χ3n) is 4.51. The Hall–Kier alpha value is -3.59. The number of benzene rings is 1. The van der Waals surface area contributed by atoms with Gasteiger partial charge < -0.3 is 15.4 Å². The Morgan fingerprint density at radius 2 is 2.14 bits per heavy atom. The monoisotopic (exact) mass is 409 g/mol. The van der Waals surface area contributed by atoms with E-state index in [0.717, 1.165) is 18.5 Å². The second-order valence-electron chi connectivity index (χ2n) is 6.79. The molecule has 1 aliphatic carbocycles. The number of nitrogens with zero attached hydrogens (tertiary/aromatic N) is 4. The van der Waals surface area contributed by atoms with Gasteiger partial charge in [-0.15, -0.1) is 0 Å². The quantitative estimate of drug-likeness (QED) is 0.406. The number of hydrogen-bond donors (Lipinski definition) is 4. The van der Waals surface area contributed by atoms with Crippen molar-refractivity contribution in [2.45, 2.75) is 18.9 Å². The molecule has 0 amide bonds. The predicted molar refractivity (Wildman–Crippen MR) is 108 cm³/mol. The zero-order valence-electron chi connectivity index (χ0n) is 15.1. The number of rotatable bonds is 4. The largest absolute Gasteiger partial charge is 0.493 e. The van der Waals surface area contributed by atoms with Gasteiger partial charge in [0.15, 0.2) is 11.1 Å². The molecule has 1 saturated carbocycles. The Morgan fingerprint density at radius 3 is 2.86 bits per heavy atom. The van der Waals surface area contributed by atoms with Crippen LogP contribution >= 0.6 is 11.6 Å². The van der Waals surface area contributed by atoms with Crippen LogP contribution in [0.15, 0.2) is 46.3 Å². The second kappa shape index (κ2) is 6.78. The summed E-state index contributed by atoms with van der Waals surface area (Å²) in [4.78, 5) is 25.6. The van der Waals surface area contributed by atoms with E-state index in [-0.39, 0.29) is 17.6 Å². The van der Waals surface area contributed by atoms with E-state index < -0.39 is 5.69 Å². The van der Waals surface area contributed by atoms with Crippen LogP contribution in [0.25, 0.3) is 11.7 Å². The van der Waals surface area contributed by atoms with Crippen molar-refractivity contribution in [3.8, 4) is 5.88 Å². The topological polar surface area (TPSA) is 123 Å². The number of hydrogen-bond acceptors (Lipinski definition) is 6. The van der Waals surface area contributed by atoms with Crippen LogP contribution in [0.2, 0.25) is 5.02 Å². The van der Waals surface area contributed by atoms with Crippen LogP contribution in [0.4, 0.5) is 11.5 Å². The fourth-order valence-corrected chi connectivity index (χ4v) is 3.14. The molecule has 3 heterocycles. The molecule has 29 heavy (non-hydrogen) atoms. The minimum absolute atomic E-state index is 0.247. The highest BCUT2D eigenvalue weighted by atomic mass is 35.5. The number of para-hydroxylation sites is 1. The fourth-order valence-electron chi connectivity index (χ4n) is 2.96. The Morgan fingerprint density at radius 1 is 1.31 bits per heavy atom. The average Bonchev–Trinajstić information content (AvgIpc) is 3.33. The molecule has 146 valence electrons. The van der Waals surface area contributed by atoms with Crippen LogP contribution in [0.1, 0.15) is 18.5 Å². The molecule has 10 heteroatoms. The summed E-state index contributed by atoms with van der Waals surface area (Å²) >= 11 is 6.26. The Labute approximate surface area is 168 Å². The highest BCUT2D eigenvalue weighted by molar-refractivity contribution is 6.33. The summed E-state index contributed by atoms with van der Waals surface area (Å²) in [6, 6.07) is 9.49. The number of fused-ring (bicyclic) bond motifs is 1. The minimum Gasteiger partial charge on any atom is -0.493 e. The first-order valence-electron chi connectivity index (χ1n) is 9.04. The van der Waals surface area contributed by atoms with E-state index in [1.165, 1.54) is 0 Å². The van der Waals surface area contributed by atoms with Crippen molar-refractivity contribution in [3.63, 3.8) is 0 Å². The number of aromatic nitrogens is 5. The standard InChI is InChI=1S/C19H16ClN7O2/c20-12-3-1-2-4-13(12)23-15-8-16(22-11-5-6-11)27-17(25-15)10(9-21-27)7-14-18(28)26-19(29)24-14/h1-4,7-9,11,23,28H,5-6H2,(H2,24,26,29)/b10-7-,22-16?. The Kier molecular flexibility index (Phi) is 4.09. The van der Waals surface area contributed by atoms with Gasteiger partial charge in [-0.2, -0.15) is 9.61 Å². The van der Waals surface area contributed by atoms with Crippen LogP contribution < -0.4 is 21.7 Å². The number of H-pyrrole nitrogens is 2. The summed E-state index contributed by atoms with van der Waals surface area (Å²) in [5.74, 6) is 0.314. The third-order valence-corrected chi connectivity index (χ3v) is 4.84. The third kappa shape index (κ3) is 3.47. The molecule has 0 saturated heterocycles. The molecule has 0 radical (unpaired) electrons. The number of nitrogens with one attached hydrogen (secondary N) is 3. The molecule has 4 aromatic rings. The van der Waals surface area contributed by atoms with E-state index in [0.29, 0.717) is 27.2 Å². The number of halogens is 1. The van der Waals surface area contributed by atoms with Gasteiger partial charge in [-0.05, 0) is 31.1 Å². The van der Waals surface area contributed by atoms with Gasteiger partial charge >= 0.3 is 5.69 Å². The van der Waals surface area contributed by atoms with Crippen molar-refractivity contribution >= 4 is 34.8 Å². The number of imidazole rings is 1. The van der Waals surface area contributed by atoms with Gasteiger partial charge in [0.05, 0.1) is 22.9 Å². The second-order valence-corrected chi connectivity index (χ2v) is 7.19. The maximum Gasteiger partial charge on any atom is 0.326 e. The van der Waals surface area contributed by atoms with Gasteiger partial charge in [0, 0.05) is 11.3 Å². The molecular weight excluding hydrogens is 394 g/mol. The summed E-state index contributed by atoms with van der Waals surface area (Å²) in [7, 11) is 0. The molecule has 1 aliphatic rings. The van der Waals surface area contributed by atoms with E-state index in [9.17, 15) is 9.90 Å². The van der Waals surface area contributed by atoms with Crippen molar-refractivity contribution < 1.29 is 5.11 Å². The van der Waals surface area contributed by atoms with Gasteiger partial charge in [-0.3, -0.25) is 9.98 Å². The minimum atomic E-state index is -0.497. The number of aromatic hydroxyl groups is 1. The molecule has 1 fully saturated rings. The predicted octanol–water partition coefficient (Wildman–Crippen LogP) is 1.46. The van der Waals surface area contributed by atoms with Crippen LogP contribution in [0.5, 0.6) is 5.88 Å². The van der Waals surface area contributed by atoms with Crippen LogP contribution in [-0.4, -0.2) is 35.7 Å². The molecule has 0 unspecified atom stereocenters. The molecule has 5 rings (SSSR count). The van der Waals surface area contributed by atoms with Crippen LogP contribution in [0, 0.1) is 0 Å². The summed E-state index contributed by atoms with van der Waals surface area (Å²) in [6.07, 6.45) is 5.31. The first-order chi connectivity index (χ1) is 14.1. The highest BCUT2D eigenvalue weighted by Crippen LogP contribution is 2.24. The Bertz CT molecular complexity index is 1400. The van der Waals surface area contributed by atoms with E-state index in [1.54, 1.807) is 22.9 Å². The normalized spacial score (nSPS) is 15.3. The van der Waals surface area contributed by atoms with Gasteiger partial charge in [0.2, 0.25) is 5.88 Å². The summed E-state index contributed by atoms with van der Waals surface area (Å²) in [5.41, 5.74) is 1.67. The number of aromatic amines is 2. The zero-order valence-corrected chi connectivity index (χ0v) is 15.8. The molecule has 4 N–H and O–H groups in total. The van der Waals surface area contributed by atoms with Crippen LogP contribution in [-0.2, 0) is 0 Å². The average molecular weight is 410 g/mol. The molecule has 0 aliphatic heterocycles. The fraction of sp³-hybridized carbons (Fsp3) is 0.158. The maximum atomic E-state index is 11.4. The van der Waals surface area contributed by atoms with Crippen molar-refractivity contribution in [3.05, 3.63) is 68.4 Å². The molecule has 3 aromatic heterocycles. The first kappa shape index (κ1) is 17.5. The number of anilines is 2. The lowest BCUT2D eigenvalue weighted by atomic mass is 10.3. The lowest BCUT2D eigenvalue weighted by molar-refractivity contribution is 0.454. The zero-order chi connectivity index (χ0) is 20.0. The van der Waals surface area contributed by atoms with E-state index in [2.05, 4.69) is 25.4 Å². The molecule has 1 aromatic carbocycles. The SMILES string of the molecule is O=c1[nH]c(O)c(/C=c2/cnn3c(=NC4CC4)cc(Nc4ccccc4Cl)nc23)[nH]1. The highest BCUT2D eigenvalue weighted by Gasteiger charge is 2.20. The first-order valence-corrected chi connectivity index (χ1v) is 9.42. The smallest absolute Gasteiger partial charge is 0.326 e. The molecule has 0 bridgehead atoms. The van der Waals surface area contributed by atoms with Crippen molar-refractivity contribution in [1.82, 2.24) is 24.6 Å². The van der Waals surface area contributed by atoms with E-state index in [4.69, 9.17) is 16.6 Å². The van der Waals surface area contributed by atoms with Gasteiger partial charge in [0.1, 0.15) is 11.5 Å². The van der Waals surface area contributed by atoms with Gasteiger partial charge in [-0.25, -0.2) is 9.78 Å². The van der Waals surface area contributed by atoms with E-state index in [1.807, 2.05) is 24.3 Å². The molecular formula is C19H16ClN7O2. The molecule has 0 spiro atoms. The van der Waals surface area contributed by atoms with Gasteiger partial charge in [-0.1, -0.05) is 23.7 Å². The van der Waals surface area contributed by atoms with Gasteiger partial charge in [0.25, 0.3) is 0 Å². The molecule has 9 nitrogen and oxygen atoms in total. The van der Waals surface area contributed by atoms with Crippen molar-refractivity contribution in [2.24, 2.45) is 4.99 Å². The maximum absolute atomic E-state index is 11.4. The van der Waals surface area contributed by atoms with Crippen molar-refractivity contribution in [2.75, 3.05) is 5.32 Å². The lowest BCUT2D eigenvalue weighted by Crippen LogP contribution is -2.19. The van der Waals surface area contributed by atoms with E-state index >= 15 is 0 Å².